The van der Waals surface area contributed by atoms with Gasteiger partial charge in [0.25, 0.3) is 0 Å². The van der Waals surface area contributed by atoms with Gasteiger partial charge < -0.3 is 14.7 Å². The Labute approximate surface area is 139 Å². The molecule has 24 heavy (non-hydrogen) atoms. The Balaban J connectivity index is 1.79. The molecule has 7 heteroatoms. The summed E-state index contributed by atoms with van der Waals surface area (Å²) in [6.07, 6.45) is 2.80. The average molecular weight is 326 g/mol. The zero-order chi connectivity index (χ0) is 17.1. The molecule has 0 saturated carbocycles. The maximum Gasteiger partial charge on any atom is 0.415 e. The summed E-state index contributed by atoms with van der Waals surface area (Å²) in [6, 6.07) is 8.78. The number of hydrogen-bond donors (Lipinski definition) is 1. The van der Waals surface area contributed by atoms with Crippen LogP contribution in [0.25, 0.3) is 10.9 Å². The number of rotatable bonds is 5. The van der Waals surface area contributed by atoms with Gasteiger partial charge in [0.15, 0.2) is 0 Å². The molecule has 7 nitrogen and oxygen atoms in total. The molecule has 0 aliphatic carbocycles. The van der Waals surface area contributed by atoms with Gasteiger partial charge in [0.1, 0.15) is 12.1 Å². The van der Waals surface area contributed by atoms with Crippen molar-refractivity contribution >= 4 is 17.0 Å². The van der Waals surface area contributed by atoms with E-state index in [9.17, 15) is 4.79 Å². The molecule has 3 aromatic rings. The number of ether oxygens (including phenoxy) is 1. The molecule has 0 atom stereocenters. The minimum atomic E-state index is -1.01. The number of hydrogen-bond acceptors (Lipinski definition) is 5. The van der Waals surface area contributed by atoms with Crippen LogP contribution >= 0.6 is 0 Å². The summed E-state index contributed by atoms with van der Waals surface area (Å²) in [5, 5.41) is 9.90. The van der Waals surface area contributed by atoms with Crippen LogP contribution in [-0.2, 0) is 6.42 Å². The van der Waals surface area contributed by atoms with E-state index in [1.807, 2.05) is 20.2 Å². The topological polar surface area (TPSA) is 80.5 Å². The zero-order valence-corrected chi connectivity index (χ0v) is 13.5. The predicted octanol–water partition coefficient (Wildman–Crippen LogP) is 2.85. The van der Waals surface area contributed by atoms with Crippen molar-refractivity contribution in [1.82, 2.24) is 19.4 Å². The second-order valence-corrected chi connectivity index (χ2v) is 5.69. The molecule has 0 fully saturated rings. The van der Waals surface area contributed by atoms with Gasteiger partial charge >= 0.3 is 6.09 Å². The Bertz CT molecular complexity index is 873. The predicted molar refractivity (Wildman–Crippen MR) is 89.7 cm³/mol. The first kappa shape index (κ1) is 15.9. The Hall–Kier alpha value is -2.93. The highest BCUT2D eigenvalue weighted by Crippen LogP contribution is 2.25. The zero-order valence-electron chi connectivity index (χ0n) is 13.5. The van der Waals surface area contributed by atoms with Crippen molar-refractivity contribution in [3.05, 3.63) is 48.5 Å². The Morgan fingerprint density at radius 3 is 2.83 bits per heavy atom. The Morgan fingerprint density at radius 2 is 2.08 bits per heavy atom. The smallest absolute Gasteiger partial charge is 0.415 e. The molecular weight excluding hydrogens is 308 g/mol. The molecule has 3 rings (SSSR count). The molecule has 124 valence electrons. The van der Waals surface area contributed by atoms with E-state index in [0.717, 1.165) is 24.0 Å². The number of carbonyl (C=O) groups is 1. The van der Waals surface area contributed by atoms with Gasteiger partial charge in [-0.15, -0.1) is 0 Å². The van der Waals surface area contributed by atoms with E-state index < -0.39 is 6.09 Å². The number of carboxylic acid groups (broad SMARTS) is 1. The molecular formula is C17H18N4O3. The summed E-state index contributed by atoms with van der Waals surface area (Å²) >= 11 is 0. The third kappa shape index (κ3) is 3.52. The maximum atomic E-state index is 11.1. The first-order valence-corrected chi connectivity index (χ1v) is 7.51. The monoisotopic (exact) mass is 326 g/mol. The Kier molecular flexibility index (Phi) is 4.43. The van der Waals surface area contributed by atoms with E-state index in [0.29, 0.717) is 17.1 Å². The second kappa shape index (κ2) is 6.67. The average Bonchev–Trinajstić information content (AvgIpc) is 2.96. The summed E-state index contributed by atoms with van der Waals surface area (Å²) in [5.41, 5.74) is 1.52. The van der Waals surface area contributed by atoms with Gasteiger partial charge in [-0.25, -0.2) is 14.8 Å². The number of likely N-dealkylation sites (N-methyl/N-ethyl adjacent to an activating group) is 1. The highest BCUT2D eigenvalue weighted by Gasteiger charge is 2.08. The van der Waals surface area contributed by atoms with Gasteiger partial charge in [-0.05, 0) is 38.4 Å². The fraction of sp³-hybridized carbons (Fsp3) is 0.235. The van der Waals surface area contributed by atoms with E-state index in [1.54, 1.807) is 24.3 Å². The number of fused-ring (bicyclic) bond motifs is 1. The molecule has 0 unspecified atom stereocenters. The van der Waals surface area contributed by atoms with Gasteiger partial charge in [-0.3, -0.25) is 4.57 Å². The fourth-order valence-corrected chi connectivity index (χ4v) is 2.38. The van der Waals surface area contributed by atoms with E-state index in [4.69, 9.17) is 9.84 Å². The van der Waals surface area contributed by atoms with Gasteiger partial charge in [0.05, 0.1) is 5.52 Å². The number of aromatic nitrogens is 3. The van der Waals surface area contributed by atoms with Crippen LogP contribution in [0.2, 0.25) is 0 Å². The first-order valence-electron chi connectivity index (χ1n) is 7.51. The van der Waals surface area contributed by atoms with Crippen LogP contribution in [0.15, 0.2) is 42.9 Å². The summed E-state index contributed by atoms with van der Waals surface area (Å²) in [6.45, 7) is 0.894. The number of benzene rings is 1. The van der Waals surface area contributed by atoms with Crippen LogP contribution in [0.1, 0.15) is 5.69 Å². The summed E-state index contributed by atoms with van der Waals surface area (Å²) in [7, 11) is 4.02. The standard InChI is InChI=1S/C17H18N4O3/c1-20(2)7-6-13-10-16(19-11-18-13)24-14-3-4-15-12(9-14)5-8-21(15)17(22)23/h3-5,8-11H,6-7H2,1-2H3,(H,22,23). The molecule has 0 aliphatic rings. The highest BCUT2D eigenvalue weighted by molar-refractivity contribution is 5.89. The van der Waals surface area contributed by atoms with Crippen molar-refractivity contribution in [2.75, 3.05) is 20.6 Å². The van der Waals surface area contributed by atoms with Crippen LogP contribution in [-0.4, -0.2) is 51.3 Å². The van der Waals surface area contributed by atoms with Crippen molar-refractivity contribution in [2.45, 2.75) is 6.42 Å². The maximum absolute atomic E-state index is 11.1. The minimum absolute atomic E-state index is 0.468. The SMILES string of the molecule is CN(C)CCc1cc(Oc2ccc3c(ccn3C(=O)O)c2)ncn1. The van der Waals surface area contributed by atoms with Crippen molar-refractivity contribution in [2.24, 2.45) is 0 Å². The normalized spacial score (nSPS) is 11.1. The lowest BCUT2D eigenvalue weighted by Gasteiger charge is -2.09. The summed E-state index contributed by atoms with van der Waals surface area (Å²) in [4.78, 5) is 21.6. The molecule has 0 aliphatic heterocycles. The third-order valence-corrected chi connectivity index (χ3v) is 3.60. The van der Waals surface area contributed by atoms with Gasteiger partial charge in [0.2, 0.25) is 5.88 Å². The molecule has 0 radical (unpaired) electrons. The van der Waals surface area contributed by atoms with Crippen LogP contribution in [0.5, 0.6) is 11.6 Å². The first-order chi connectivity index (χ1) is 11.5. The number of nitrogens with zero attached hydrogens (tertiary/aromatic N) is 4. The van der Waals surface area contributed by atoms with E-state index >= 15 is 0 Å². The fourth-order valence-electron chi connectivity index (χ4n) is 2.38. The van der Waals surface area contributed by atoms with Crippen LogP contribution < -0.4 is 4.74 Å². The van der Waals surface area contributed by atoms with Gasteiger partial charge in [0, 0.05) is 36.3 Å². The highest BCUT2D eigenvalue weighted by atomic mass is 16.5. The van der Waals surface area contributed by atoms with Gasteiger partial charge in [-0.1, -0.05) is 0 Å². The van der Waals surface area contributed by atoms with E-state index in [-0.39, 0.29) is 0 Å². The minimum Gasteiger partial charge on any atom is -0.464 e. The molecule has 0 bridgehead atoms. The van der Waals surface area contributed by atoms with Crippen molar-refractivity contribution < 1.29 is 14.6 Å². The van der Waals surface area contributed by atoms with E-state index in [1.165, 1.54) is 17.1 Å². The quantitative estimate of drug-likeness (QED) is 0.776. The van der Waals surface area contributed by atoms with Crippen molar-refractivity contribution in [1.29, 1.82) is 0 Å². The molecule has 1 aromatic carbocycles. The second-order valence-electron chi connectivity index (χ2n) is 5.69. The van der Waals surface area contributed by atoms with Gasteiger partial charge in [-0.2, -0.15) is 0 Å². The molecule has 2 heterocycles. The summed E-state index contributed by atoms with van der Waals surface area (Å²) < 4.78 is 6.95. The van der Waals surface area contributed by atoms with Crippen LogP contribution in [0.3, 0.4) is 0 Å². The molecule has 0 spiro atoms. The lowest BCUT2D eigenvalue weighted by atomic mass is 10.2. The largest absolute Gasteiger partial charge is 0.464 e. The molecule has 1 N–H and O–H groups in total. The summed E-state index contributed by atoms with van der Waals surface area (Å²) in [5.74, 6) is 1.07. The van der Waals surface area contributed by atoms with Crippen molar-refractivity contribution in [3.8, 4) is 11.6 Å². The van der Waals surface area contributed by atoms with E-state index in [2.05, 4.69) is 14.9 Å². The molecule has 2 aromatic heterocycles. The molecule has 0 amide bonds. The van der Waals surface area contributed by atoms with Crippen LogP contribution in [0, 0.1) is 0 Å². The van der Waals surface area contributed by atoms with Crippen LogP contribution in [0.4, 0.5) is 4.79 Å². The third-order valence-electron chi connectivity index (χ3n) is 3.60. The lowest BCUT2D eigenvalue weighted by molar-refractivity contribution is 0.197. The molecule has 0 saturated heterocycles. The Morgan fingerprint density at radius 1 is 1.25 bits per heavy atom. The van der Waals surface area contributed by atoms with Crippen molar-refractivity contribution in [3.63, 3.8) is 0 Å². The lowest BCUT2D eigenvalue weighted by Crippen LogP contribution is -2.15.